The van der Waals surface area contributed by atoms with Crippen molar-refractivity contribution in [3.63, 3.8) is 0 Å². The summed E-state index contributed by atoms with van der Waals surface area (Å²) in [5, 5.41) is 3.00. The van der Waals surface area contributed by atoms with E-state index in [-0.39, 0.29) is 18.1 Å². The van der Waals surface area contributed by atoms with Crippen LogP contribution in [-0.4, -0.2) is 46.1 Å². The van der Waals surface area contributed by atoms with Crippen LogP contribution in [0.4, 0.5) is 16.3 Å². The second-order valence-corrected chi connectivity index (χ2v) is 7.23. The van der Waals surface area contributed by atoms with Crippen LogP contribution in [0.3, 0.4) is 0 Å². The van der Waals surface area contributed by atoms with Crippen LogP contribution in [0, 0.1) is 0 Å². The molecule has 6 nitrogen and oxygen atoms in total. The highest BCUT2D eigenvalue weighted by molar-refractivity contribution is 5.90. The number of carbonyl (C=O) groups excluding carboxylic acids is 1. The number of hydrogen-bond acceptors (Lipinski definition) is 4. The first-order valence-electron chi connectivity index (χ1n) is 8.99. The van der Waals surface area contributed by atoms with E-state index in [1.165, 1.54) is 18.5 Å². The number of para-hydroxylation sites is 1. The van der Waals surface area contributed by atoms with Crippen LogP contribution >= 0.6 is 0 Å². The quantitative estimate of drug-likeness (QED) is 0.937. The van der Waals surface area contributed by atoms with E-state index in [2.05, 4.69) is 26.3 Å². The highest BCUT2D eigenvalue weighted by atomic mass is 16.2. The highest BCUT2D eigenvalue weighted by Gasteiger charge is 2.47. The Balaban J connectivity index is 1.26. The summed E-state index contributed by atoms with van der Waals surface area (Å²) in [6, 6.07) is 12.3. The molecule has 6 rings (SSSR count). The largest absolute Gasteiger partial charge is 0.352 e. The third-order valence-electron chi connectivity index (χ3n) is 5.45. The van der Waals surface area contributed by atoms with E-state index in [0.29, 0.717) is 5.92 Å². The average Bonchev–Trinajstić information content (AvgIpc) is 3.48. The van der Waals surface area contributed by atoms with Gasteiger partial charge < -0.3 is 15.1 Å². The van der Waals surface area contributed by atoms with Gasteiger partial charge in [-0.05, 0) is 31.4 Å². The van der Waals surface area contributed by atoms with Crippen LogP contribution in [-0.2, 0) is 0 Å². The number of amides is 2. The third kappa shape index (κ3) is 2.71. The molecule has 1 aromatic heterocycles. The van der Waals surface area contributed by atoms with Crippen molar-refractivity contribution in [2.24, 2.45) is 0 Å². The number of piperidine rings is 1. The van der Waals surface area contributed by atoms with Crippen molar-refractivity contribution in [2.75, 3.05) is 23.3 Å². The molecule has 0 radical (unpaired) electrons. The monoisotopic (exact) mass is 335 g/mol. The Bertz CT molecular complexity index is 779. The zero-order valence-electron chi connectivity index (χ0n) is 14.0. The Morgan fingerprint density at radius 1 is 1.08 bits per heavy atom. The number of benzene rings is 1. The fraction of sp³-hybridized carbons (Fsp3) is 0.421. The maximum absolute atomic E-state index is 12.6. The SMILES string of the molecule is O=C(Nc1ccccc1)N1C2CC1CN(c1cc(C3CC3)ncn1)C2. The number of urea groups is 1. The van der Waals surface area contributed by atoms with E-state index in [9.17, 15) is 4.79 Å². The predicted octanol–water partition coefficient (Wildman–Crippen LogP) is 2.85. The fourth-order valence-electron chi connectivity index (χ4n) is 3.97. The van der Waals surface area contributed by atoms with Gasteiger partial charge in [-0.15, -0.1) is 0 Å². The van der Waals surface area contributed by atoms with Crippen molar-refractivity contribution in [3.8, 4) is 0 Å². The summed E-state index contributed by atoms with van der Waals surface area (Å²) in [4.78, 5) is 25.7. The topological polar surface area (TPSA) is 61.4 Å². The van der Waals surface area contributed by atoms with Gasteiger partial charge in [0.05, 0.1) is 12.1 Å². The third-order valence-corrected chi connectivity index (χ3v) is 5.45. The van der Waals surface area contributed by atoms with Gasteiger partial charge in [-0.1, -0.05) is 18.2 Å². The van der Waals surface area contributed by atoms with E-state index in [4.69, 9.17) is 0 Å². The summed E-state index contributed by atoms with van der Waals surface area (Å²) >= 11 is 0. The van der Waals surface area contributed by atoms with Crippen molar-refractivity contribution < 1.29 is 4.79 Å². The van der Waals surface area contributed by atoms with Gasteiger partial charge in [0.1, 0.15) is 12.1 Å². The van der Waals surface area contributed by atoms with E-state index in [1.807, 2.05) is 35.2 Å². The standard InChI is InChI=1S/C19H21N5O/c25-19(22-14-4-2-1-3-5-14)24-15-8-16(24)11-23(10-15)18-9-17(13-6-7-13)20-12-21-18/h1-5,9,12-13,15-16H,6-8,10-11H2,(H,22,25). The smallest absolute Gasteiger partial charge is 0.322 e. The van der Waals surface area contributed by atoms with E-state index < -0.39 is 0 Å². The number of hydrogen-bond donors (Lipinski definition) is 1. The van der Waals surface area contributed by atoms with Crippen LogP contribution in [0.25, 0.3) is 0 Å². The number of nitrogens with zero attached hydrogens (tertiary/aromatic N) is 4. The molecular formula is C19H21N5O. The summed E-state index contributed by atoms with van der Waals surface area (Å²) in [5.41, 5.74) is 2.02. The minimum absolute atomic E-state index is 0.00783. The molecule has 25 heavy (non-hydrogen) atoms. The number of nitrogens with one attached hydrogen (secondary N) is 1. The molecule has 2 bridgehead atoms. The minimum Gasteiger partial charge on any atom is -0.352 e. The second kappa shape index (κ2) is 5.72. The molecule has 0 spiro atoms. The lowest BCUT2D eigenvalue weighted by atomic mass is 9.88. The average molecular weight is 335 g/mol. The van der Waals surface area contributed by atoms with Crippen molar-refractivity contribution in [2.45, 2.75) is 37.3 Å². The maximum atomic E-state index is 12.6. The number of rotatable bonds is 3. The number of anilines is 2. The van der Waals surface area contributed by atoms with Gasteiger partial charge in [0.2, 0.25) is 0 Å². The van der Waals surface area contributed by atoms with Crippen molar-refractivity contribution in [3.05, 3.63) is 48.4 Å². The molecule has 2 aromatic rings. The number of carbonyl (C=O) groups is 1. The van der Waals surface area contributed by atoms with Crippen LogP contribution in [0.2, 0.25) is 0 Å². The van der Waals surface area contributed by atoms with Gasteiger partial charge in [0.25, 0.3) is 0 Å². The van der Waals surface area contributed by atoms with E-state index in [1.54, 1.807) is 6.33 Å². The molecule has 128 valence electrons. The van der Waals surface area contributed by atoms with Crippen LogP contribution < -0.4 is 10.2 Å². The Labute approximate surface area is 146 Å². The maximum Gasteiger partial charge on any atom is 0.322 e. The molecule has 1 aromatic carbocycles. The molecule has 4 fully saturated rings. The molecule has 6 heteroatoms. The lowest BCUT2D eigenvalue weighted by Crippen LogP contribution is -2.71. The zero-order chi connectivity index (χ0) is 16.8. The van der Waals surface area contributed by atoms with Crippen molar-refractivity contribution in [1.29, 1.82) is 0 Å². The molecule has 2 atom stereocenters. The number of piperazine rings is 1. The lowest BCUT2D eigenvalue weighted by molar-refractivity contribution is 0.0436. The minimum atomic E-state index is 0.00783. The molecule has 4 heterocycles. The summed E-state index contributed by atoms with van der Waals surface area (Å²) in [5.74, 6) is 1.64. The molecule has 1 N–H and O–H groups in total. The number of fused-ring (bicyclic) bond motifs is 2. The molecule has 2 amide bonds. The first-order valence-corrected chi connectivity index (χ1v) is 8.99. The Morgan fingerprint density at radius 3 is 2.56 bits per heavy atom. The Kier molecular flexibility index (Phi) is 3.36. The molecule has 2 unspecified atom stereocenters. The van der Waals surface area contributed by atoms with Gasteiger partial charge in [-0.3, -0.25) is 0 Å². The summed E-state index contributed by atoms with van der Waals surface area (Å²) in [6.45, 7) is 1.69. The first kappa shape index (κ1) is 14.7. The van der Waals surface area contributed by atoms with Gasteiger partial charge >= 0.3 is 6.03 Å². The first-order chi connectivity index (χ1) is 12.3. The fourth-order valence-corrected chi connectivity index (χ4v) is 3.97. The Morgan fingerprint density at radius 2 is 1.84 bits per heavy atom. The lowest BCUT2D eigenvalue weighted by Gasteiger charge is -2.56. The zero-order valence-corrected chi connectivity index (χ0v) is 14.0. The summed E-state index contributed by atoms with van der Waals surface area (Å²) < 4.78 is 0. The Hall–Kier alpha value is -2.63. The predicted molar refractivity (Wildman–Crippen MR) is 95.7 cm³/mol. The number of aromatic nitrogens is 2. The van der Waals surface area contributed by atoms with Crippen molar-refractivity contribution in [1.82, 2.24) is 14.9 Å². The van der Waals surface area contributed by atoms with Crippen LogP contribution in [0.5, 0.6) is 0 Å². The van der Waals surface area contributed by atoms with Crippen LogP contribution in [0.15, 0.2) is 42.7 Å². The van der Waals surface area contributed by atoms with Crippen molar-refractivity contribution >= 4 is 17.5 Å². The second-order valence-electron chi connectivity index (χ2n) is 7.23. The van der Waals surface area contributed by atoms with Gasteiger partial charge in [0.15, 0.2) is 0 Å². The summed E-state index contributed by atoms with van der Waals surface area (Å²) in [7, 11) is 0. The highest BCUT2D eigenvalue weighted by Crippen LogP contribution is 2.40. The molecule has 4 aliphatic rings. The van der Waals surface area contributed by atoms with Crippen LogP contribution in [0.1, 0.15) is 30.9 Å². The van der Waals surface area contributed by atoms with Gasteiger partial charge in [-0.2, -0.15) is 0 Å². The molecule has 1 aliphatic carbocycles. The molecular weight excluding hydrogens is 314 g/mol. The van der Waals surface area contributed by atoms with Gasteiger partial charge in [0, 0.05) is 36.5 Å². The van der Waals surface area contributed by atoms with E-state index >= 15 is 0 Å². The summed E-state index contributed by atoms with van der Waals surface area (Å²) in [6.07, 6.45) is 5.26. The van der Waals surface area contributed by atoms with E-state index in [0.717, 1.165) is 31.0 Å². The molecule has 3 aliphatic heterocycles. The molecule has 3 saturated heterocycles. The molecule has 1 saturated carbocycles. The normalized spacial score (nSPS) is 24.6. The van der Waals surface area contributed by atoms with Gasteiger partial charge in [-0.25, -0.2) is 14.8 Å².